The van der Waals surface area contributed by atoms with Gasteiger partial charge in [-0.2, -0.15) is 0 Å². The lowest BCUT2D eigenvalue weighted by Gasteiger charge is -2.18. The average Bonchev–Trinajstić information content (AvgIpc) is 2.91. The van der Waals surface area contributed by atoms with Crippen LogP contribution in [0.15, 0.2) is 30.3 Å². The first-order valence-electron chi connectivity index (χ1n) is 8.71. The average molecular weight is 371 g/mol. The third kappa shape index (κ3) is 3.75. The Balaban J connectivity index is 1.77. The van der Waals surface area contributed by atoms with Crippen molar-refractivity contribution in [3.8, 4) is 0 Å². The molecule has 1 N–H and O–H groups in total. The number of hydrogen-bond donors (Lipinski definition) is 1. The van der Waals surface area contributed by atoms with Crippen molar-refractivity contribution in [3.05, 3.63) is 57.6 Å². The van der Waals surface area contributed by atoms with Crippen LogP contribution < -0.4 is 10.2 Å². The van der Waals surface area contributed by atoms with Crippen molar-refractivity contribution >= 4 is 34.8 Å². The molecule has 136 valence electrons. The zero-order chi connectivity index (χ0) is 19.0. The van der Waals surface area contributed by atoms with E-state index in [9.17, 15) is 9.59 Å². The molecule has 1 atom stereocenters. The highest BCUT2D eigenvalue weighted by molar-refractivity contribution is 6.34. The van der Waals surface area contributed by atoms with Gasteiger partial charge >= 0.3 is 0 Å². The fourth-order valence-electron chi connectivity index (χ4n) is 3.54. The molecule has 0 bridgehead atoms. The zero-order valence-electron chi connectivity index (χ0n) is 15.5. The largest absolute Gasteiger partial charge is 0.324 e. The van der Waals surface area contributed by atoms with Gasteiger partial charge in [0, 0.05) is 18.7 Å². The van der Waals surface area contributed by atoms with E-state index in [2.05, 4.69) is 11.4 Å². The van der Waals surface area contributed by atoms with Gasteiger partial charge in [-0.15, -0.1) is 0 Å². The lowest BCUT2D eigenvalue weighted by atomic mass is 10.1. The Kier molecular flexibility index (Phi) is 5.05. The van der Waals surface area contributed by atoms with Crippen LogP contribution in [0, 0.1) is 33.6 Å². The number of carbonyl (C=O) groups is 2. The van der Waals surface area contributed by atoms with Crippen molar-refractivity contribution in [2.45, 2.75) is 34.1 Å². The van der Waals surface area contributed by atoms with Gasteiger partial charge in [-0.25, -0.2) is 0 Å². The summed E-state index contributed by atoms with van der Waals surface area (Å²) in [6.45, 7) is 8.26. The number of amides is 2. The van der Waals surface area contributed by atoms with Crippen LogP contribution >= 0.6 is 11.6 Å². The minimum absolute atomic E-state index is 0.0260. The van der Waals surface area contributed by atoms with E-state index in [0.29, 0.717) is 17.3 Å². The minimum atomic E-state index is -0.389. The topological polar surface area (TPSA) is 49.4 Å². The minimum Gasteiger partial charge on any atom is -0.324 e. The van der Waals surface area contributed by atoms with Crippen molar-refractivity contribution < 1.29 is 9.59 Å². The highest BCUT2D eigenvalue weighted by atomic mass is 35.5. The van der Waals surface area contributed by atoms with Gasteiger partial charge in [-0.05, 0) is 68.1 Å². The second-order valence-electron chi connectivity index (χ2n) is 7.18. The molecule has 0 aromatic heterocycles. The van der Waals surface area contributed by atoms with Gasteiger partial charge in [0.1, 0.15) is 0 Å². The molecule has 5 heteroatoms. The summed E-state index contributed by atoms with van der Waals surface area (Å²) < 4.78 is 0. The first kappa shape index (κ1) is 18.5. The normalized spacial score (nSPS) is 16.9. The fourth-order valence-corrected chi connectivity index (χ4v) is 3.91. The number of rotatable bonds is 3. The molecule has 1 aliphatic heterocycles. The van der Waals surface area contributed by atoms with Gasteiger partial charge in [0.05, 0.1) is 16.6 Å². The number of aryl methyl sites for hydroxylation is 4. The van der Waals surface area contributed by atoms with Crippen LogP contribution in [0.2, 0.25) is 5.02 Å². The van der Waals surface area contributed by atoms with Crippen LogP contribution in [0.1, 0.15) is 28.7 Å². The number of nitrogens with zero attached hydrogens (tertiary/aromatic N) is 1. The Morgan fingerprint density at radius 3 is 2.27 bits per heavy atom. The van der Waals surface area contributed by atoms with E-state index in [-0.39, 0.29) is 24.2 Å². The van der Waals surface area contributed by atoms with Crippen LogP contribution in [-0.2, 0) is 9.59 Å². The Bertz CT molecular complexity index is 848. The molecule has 1 heterocycles. The third-order valence-corrected chi connectivity index (χ3v) is 4.99. The third-order valence-electron chi connectivity index (χ3n) is 4.69. The smallest absolute Gasteiger partial charge is 0.229 e. The van der Waals surface area contributed by atoms with Crippen LogP contribution in [0.25, 0.3) is 0 Å². The van der Waals surface area contributed by atoms with Crippen molar-refractivity contribution in [3.63, 3.8) is 0 Å². The number of halogens is 1. The lowest BCUT2D eigenvalue weighted by Crippen LogP contribution is -2.28. The molecule has 0 saturated carbocycles. The standard InChI is InChI=1S/C21H23ClN2O2/c1-12-5-13(2)8-17(7-12)24-11-16(10-19(24)25)21(26)23-20-15(4)6-14(3)9-18(20)22/h5-9,16H,10-11H2,1-4H3,(H,23,26). The molecule has 4 nitrogen and oxygen atoms in total. The van der Waals surface area contributed by atoms with E-state index >= 15 is 0 Å². The van der Waals surface area contributed by atoms with Gasteiger partial charge in [-0.1, -0.05) is 23.7 Å². The van der Waals surface area contributed by atoms with E-state index < -0.39 is 0 Å². The molecule has 1 aliphatic rings. The van der Waals surface area contributed by atoms with E-state index in [4.69, 9.17) is 11.6 Å². The van der Waals surface area contributed by atoms with Crippen LogP contribution in [0.3, 0.4) is 0 Å². The van der Waals surface area contributed by atoms with E-state index in [1.807, 2.05) is 52.0 Å². The van der Waals surface area contributed by atoms with E-state index in [1.165, 1.54) is 0 Å². The molecule has 0 spiro atoms. The number of benzene rings is 2. The summed E-state index contributed by atoms with van der Waals surface area (Å²) in [7, 11) is 0. The summed E-state index contributed by atoms with van der Waals surface area (Å²) in [5, 5.41) is 3.43. The second kappa shape index (κ2) is 7.12. The molecule has 2 amide bonds. The summed E-state index contributed by atoms with van der Waals surface area (Å²) in [6.07, 6.45) is 0.210. The summed E-state index contributed by atoms with van der Waals surface area (Å²) in [5.41, 5.74) is 5.64. The van der Waals surface area contributed by atoms with E-state index in [0.717, 1.165) is 27.9 Å². The van der Waals surface area contributed by atoms with Gasteiger partial charge in [0.2, 0.25) is 11.8 Å². The Hall–Kier alpha value is -2.33. The van der Waals surface area contributed by atoms with Gasteiger partial charge in [0.25, 0.3) is 0 Å². The molecule has 1 unspecified atom stereocenters. The van der Waals surface area contributed by atoms with Gasteiger partial charge in [-0.3, -0.25) is 9.59 Å². The van der Waals surface area contributed by atoms with Crippen molar-refractivity contribution in [1.29, 1.82) is 0 Å². The molecule has 2 aromatic carbocycles. The highest BCUT2D eigenvalue weighted by Crippen LogP contribution is 2.31. The molecule has 1 fully saturated rings. The predicted molar refractivity (Wildman–Crippen MR) is 106 cm³/mol. The highest BCUT2D eigenvalue weighted by Gasteiger charge is 2.35. The fraction of sp³-hybridized carbons (Fsp3) is 0.333. The maximum absolute atomic E-state index is 12.7. The SMILES string of the molecule is Cc1cc(C)cc(N2CC(C(=O)Nc3c(C)cc(C)cc3Cl)CC2=O)c1. The lowest BCUT2D eigenvalue weighted by molar-refractivity contribution is -0.122. The zero-order valence-corrected chi connectivity index (χ0v) is 16.3. The molecular formula is C21H23ClN2O2. The number of anilines is 2. The molecule has 1 saturated heterocycles. The summed E-state index contributed by atoms with van der Waals surface area (Å²) in [4.78, 5) is 26.9. The van der Waals surface area contributed by atoms with Crippen molar-refractivity contribution in [2.75, 3.05) is 16.8 Å². The number of hydrogen-bond acceptors (Lipinski definition) is 2. The van der Waals surface area contributed by atoms with Crippen LogP contribution in [0.5, 0.6) is 0 Å². The van der Waals surface area contributed by atoms with Crippen molar-refractivity contribution in [1.82, 2.24) is 0 Å². The van der Waals surface area contributed by atoms with E-state index in [1.54, 1.807) is 4.90 Å². The van der Waals surface area contributed by atoms with Gasteiger partial charge < -0.3 is 10.2 Å². The summed E-state index contributed by atoms with van der Waals surface area (Å²) >= 11 is 6.28. The van der Waals surface area contributed by atoms with Crippen molar-refractivity contribution in [2.24, 2.45) is 5.92 Å². The first-order valence-corrected chi connectivity index (χ1v) is 9.08. The molecule has 0 radical (unpaired) electrons. The van der Waals surface area contributed by atoms with Gasteiger partial charge in [0.15, 0.2) is 0 Å². The quantitative estimate of drug-likeness (QED) is 0.860. The second-order valence-corrected chi connectivity index (χ2v) is 7.59. The maximum atomic E-state index is 12.7. The molecular weight excluding hydrogens is 348 g/mol. The van der Waals surface area contributed by atoms with Crippen LogP contribution in [0.4, 0.5) is 11.4 Å². The molecule has 26 heavy (non-hydrogen) atoms. The predicted octanol–water partition coefficient (Wildman–Crippen LogP) is 4.57. The molecule has 2 aromatic rings. The monoisotopic (exact) mass is 370 g/mol. The maximum Gasteiger partial charge on any atom is 0.229 e. The Labute approximate surface area is 159 Å². The number of nitrogens with one attached hydrogen (secondary N) is 1. The first-order chi connectivity index (χ1) is 12.2. The Morgan fingerprint density at radius 1 is 1.04 bits per heavy atom. The number of carbonyl (C=O) groups excluding carboxylic acids is 2. The van der Waals surface area contributed by atoms with Crippen LogP contribution in [-0.4, -0.2) is 18.4 Å². The summed E-state index contributed by atoms with van der Waals surface area (Å²) in [5.74, 6) is -0.582. The molecule has 0 aliphatic carbocycles. The molecule has 3 rings (SSSR count). The Morgan fingerprint density at radius 2 is 1.65 bits per heavy atom. The summed E-state index contributed by atoms with van der Waals surface area (Å²) in [6, 6.07) is 9.82.